The summed E-state index contributed by atoms with van der Waals surface area (Å²) >= 11 is 0. The molecule has 0 fully saturated rings. The molecule has 0 saturated carbocycles. The molecule has 3 N–H and O–H groups in total. The van der Waals surface area contributed by atoms with Crippen molar-refractivity contribution in [3.8, 4) is 0 Å². The molecular formula is C46H79O11P. The van der Waals surface area contributed by atoms with Crippen molar-refractivity contribution >= 4 is 25.5 Å². The Morgan fingerprint density at radius 2 is 1.07 bits per heavy atom. The minimum Gasteiger partial charge on any atom is -0.462 e. The summed E-state index contributed by atoms with van der Waals surface area (Å²) in [6.45, 7) is 2.06. The lowest BCUT2D eigenvalue weighted by Crippen LogP contribution is -2.30. The Kier molecular flexibility index (Phi) is 39.2. The highest BCUT2D eigenvalue weighted by atomic mass is 31.2. The van der Waals surface area contributed by atoms with Crippen molar-refractivity contribution in [3.05, 3.63) is 60.8 Å². The Morgan fingerprint density at radius 3 is 1.71 bits per heavy atom. The predicted octanol–water partition coefficient (Wildman–Crippen LogP) is 11.1. The molecule has 0 aromatic heterocycles. The van der Waals surface area contributed by atoms with Crippen molar-refractivity contribution in [2.75, 3.05) is 26.4 Å². The van der Waals surface area contributed by atoms with Crippen molar-refractivity contribution in [2.24, 2.45) is 0 Å². The van der Waals surface area contributed by atoms with Crippen LogP contribution in [0.3, 0.4) is 0 Å². The first-order valence-corrected chi connectivity index (χ1v) is 23.7. The number of phosphoric ester groups is 1. The molecule has 0 aromatic rings. The van der Waals surface area contributed by atoms with E-state index in [1.54, 1.807) is 12.2 Å². The van der Waals surface area contributed by atoms with Gasteiger partial charge >= 0.3 is 19.8 Å². The first-order chi connectivity index (χ1) is 28.1. The third-order valence-electron chi connectivity index (χ3n) is 9.12. The fourth-order valence-electron chi connectivity index (χ4n) is 5.65. The SMILES string of the molecule is CCCCC/C=C\C/C=C\C/C=C\C=C\C(=O)CCCC(=O)O[C@H](COC(=O)CCCCCCCCC/C=C\CCCCCCCC)COP(=O)(O)OC[C@@H](O)CO. The van der Waals surface area contributed by atoms with Gasteiger partial charge in [0.15, 0.2) is 11.9 Å². The molecular weight excluding hydrogens is 759 g/mol. The molecule has 0 spiro atoms. The van der Waals surface area contributed by atoms with E-state index in [9.17, 15) is 28.9 Å². The van der Waals surface area contributed by atoms with Crippen LogP contribution in [0, 0.1) is 0 Å². The zero-order valence-electron chi connectivity index (χ0n) is 36.0. The second kappa shape index (κ2) is 41.1. The van der Waals surface area contributed by atoms with Crippen LogP contribution in [-0.4, -0.2) is 71.5 Å². The summed E-state index contributed by atoms with van der Waals surface area (Å²) in [5.41, 5.74) is 0. The number of rotatable bonds is 41. The number of carbonyl (C=O) groups is 3. The highest BCUT2D eigenvalue weighted by Gasteiger charge is 2.27. The molecule has 11 nitrogen and oxygen atoms in total. The van der Waals surface area contributed by atoms with Crippen molar-refractivity contribution < 1.29 is 52.6 Å². The Balaban J connectivity index is 4.49. The average molecular weight is 839 g/mol. The van der Waals surface area contributed by atoms with Gasteiger partial charge in [0.25, 0.3) is 0 Å². The number of esters is 2. The van der Waals surface area contributed by atoms with Crippen molar-refractivity contribution in [2.45, 2.75) is 187 Å². The molecule has 0 bridgehead atoms. The topological polar surface area (TPSA) is 166 Å². The number of ketones is 1. The van der Waals surface area contributed by atoms with Crippen LogP contribution in [0.5, 0.6) is 0 Å². The quantitative estimate of drug-likeness (QED) is 0.0134. The Labute approximate surface area is 351 Å². The maximum absolute atomic E-state index is 12.6. The Morgan fingerprint density at radius 1 is 0.569 bits per heavy atom. The fraction of sp³-hybridized carbons (Fsp3) is 0.717. The van der Waals surface area contributed by atoms with Crippen LogP contribution >= 0.6 is 7.82 Å². The standard InChI is InChI=1S/C46H79O11P/c1-3-5-7-9-11-13-15-17-18-19-20-22-24-26-28-30-32-36-45(50)54-40-44(41-56-58(52,53)55-39-43(49)38-47)57-46(51)37-33-35-42(48)34-31-29-27-25-23-21-16-14-12-10-8-6-4-2/h12,14,17-18,21,23,27,29,31,34,43-44,47,49H,3-11,13,15-16,19-20,22,24-26,28,30,32-33,35-41H2,1-2H3,(H,52,53)/b14-12-,18-17-,23-21-,29-27-,34-31+/t43-,44+/m0/s1. The molecule has 0 aromatic carbocycles. The number of aliphatic hydroxyl groups is 2. The van der Waals surface area contributed by atoms with Crippen molar-refractivity contribution in [1.82, 2.24) is 0 Å². The number of aliphatic hydroxyl groups excluding tert-OH is 2. The Bertz CT molecular complexity index is 1210. The van der Waals surface area contributed by atoms with Gasteiger partial charge in [0.1, 0.15) is 12.7 Å². The van der Waals surface area contributed by atoms with E-state index < -0.39 is 58.4 Å². The number of phosphoric acid groups is 1. The first kappa shape index (κ1) is 55.3. The largest absolute Gasteiger partial charge is 0.472 e. The van der Waals surface area contributed by atoms with Gasteiger partial charge in [-0.3, -0.25) is 23.4 Å². The van der Waals surface area contributed by atoms with Gasteiger partial charge in [-0.15, -0.1) is 0 Å². The smallest absolute Gasteiger partial charge is 0.462 e. The highest BCUT2D eigenvalue weighted by Crippen LogP contribution is 2.43. The lowest BCUT2D eigenvalue weighted by molar-refractivity contribution is -0.161. The van der Waals surface area contributed by atoms with E-state index >= 15 is 0 Å². The number of hydrogen-bond donors (Lipinski definition) is 3. The minimum atomic E-state index is -4.69. The second-order valence-electron chi connectivity index (χ2n) is 14.7. The summed E-state index contributed by atoms with van der Waals surface area (Å²) in [5.74, 6) is -1.34. The molecule has 0 heterocycles. The third kappa shape index (κ3) is 40.1. The van der Waals surface area contributed by atoms with E-state index in [-0.39, 0.29) is 31.5 Å². The van der Waals surface area contributed by atoms with Crippen molar-refractivity contribution in [3.63, 3.8) is 0 Å². The zero-order valence-corrected chi connectivity index (χ0v) is 36.9. The maximum Gasteiger partial charge on any atom is 0.472 e. The van der Waals surface area contributed by atoms with E-state index in [4.69, 9.17) is 19.1 Å². The number of hydrogen-bond acceptors (Lipinski definition) is 10. The molecule has 1 unspecified atom stereocenters. The summed E-state index contributed by atoms with van der Waals surface area (Å²) < 4.78 is 32.5. The molecule has 0 aliphatic heterocycles. The first-order valence-electron chi connectivity index (χ1n) is 22.2. The van der Waals surface area contributed by atoms with E-state index in [0.717, 1.165) is 51.4 Å². The molecule has 0 saturated heterocycles. The number of unbranched alkanes of at least 4 members (excludes halogenated alkanes) is 16. The van der Waals surface area contributed by atoms with Crippen LogP contribution in [0.15, 0.2) is 60.8 Å². The summed E-state index contributed by atoms with van der Waals surface area (Å²) in [6, 6.07) is 0. The van der Waals surface area contributed by atoms with Crippen LogP contribution in [-0.2, 0) is 37.5 Å². The minimum absolute atomic E-state index is 0.107. The van der Waals surface area contributed by atoms with Gasteiger partial charge in [-0.05, 0) is 70.3 Å². The van der Waals surface area contributed by atoms with Crippen LogP contribution in [0.1, 0.15) is 174 Å². The molecule has 3 atom stereocenters. The summed E-state index contributed by atoms with van der Waals surface area (Å²) in [7, 11) is -4.69. The molecule has 0 amide bonds. The van der Waals surface area contributed by atoms with E-state index in [0.29, 0.717) is 6.42 Å². The van der Waals surface area contributed by atoms with Crippen LogP contribution in [0.4, 0.5) is 0 Å². The zero-order chi connectivity index (χ0) is 42.8. The number of ether oxygens (including phenoxy) is 2. The van der Waals surface area contributed by atoms with Crippen LogP contribution in [0.25, 0.3) is 0 Å². The monoisotopic (exact) mass is 839 g/mol. The second-order valence-corrected chi connectivity index (χ2v) is 16.2. The van der Waals surface area contributed by atoms with E-state index in [2.05, 4.69) is 54.8 Å². The van der Waals surface area contributed by atoms with Gasteiger partial charge in [-0.25, -0.2) is 4.57 Å². The molecule has 12 heteroatoms. The Hall–Kier alpha value is -2.66. The third-order valence-corrected chi connectivity index (χ3v) is 10.1. The maximum atomic E-state index is 12.6. The lowest BCUT2D eigenvalue weighted by Gasteiger charge is -2.20. The summed E-state index contributed by atoms with van der Waals surface area (Å²) in [4.78, 5) is 47.2. The van der Waals surface area contributed by atoms with E-state index in [1.165, 1.54) is 83.1 Å². The summed E-state index contributed by atoms with van der Waals surface area (Å²) in [6.07, 6.45) is 41.9. The van der Waals surface area contributed by atoms with Gasteiger partial charge in [0, 0.05) is 19.3 Å². The van der Waals surface area contributed by atoms with Gasteiger partial charge < -0.3 is 24.6 Å². The highest BCUT2D eigenvalue weighted by molar-refractivity contribution is 7.47. The molecule has 0 radical (unpaired) electrons. The van der Waals surface area contributed by atoms with Gasteiger partial charge in [-0.2, -0.15) is 0 Å². The fourth-order valence-corrected chi connectivity index (χ4v) is 6.44. The lowest BCUT2D eigenvalue weighted by atomic mass is 10.1. The molecule has 334 valence electrons. The van der Waals surface area contributed by atoms with Gasteiger partial charge in [-0.1, -0.05) is 146 Å². The van der Waals surface area contributed by atoms with Crippen LogP contribution < -0.4 is 0 Å². The average Bonchev–Trinajstić information content (AvgIpc) is 3.20. The predicted molar refractivity (Wildman–Crippen MR) is 233 cm³/mol. The summed E-state index contributed by atoms with van der Waals surface area (Å²) in [5, 5.41) is 18.3. The van der Waals surface area contributed by atoms with Crippen LogP contribution in [0.2, 0.25) is 0 Å². The molecule has 0 aliphatic rings. The molecule has 0 rings (SSSR count). The van der Waals surface area contributed by atoms with E-state index in [1.807, 2.05) is 6.08 Å². The van der Waals surface area contributed by atoms with Gasteiger partial charge in [0.05, 0.1) is 19.8 Å². The molecule has 0 aliphatic carbocycles. The van der Waals surface area contributed by atoms with Gasteiger partial charge in [0.2, 0.25) is 0 Å². The molecule has 58 heavy (non-hydrogen) atoms. The number of allylic oxidation sites excluding steroid dienone is 10. The number of carbonyl (C=O) groups excluding carboxylic acids is 3. The van der Waals surface area contributed by atoms with Crippen molar-refractivity contribution in [1.29, 1.82) is 0 Å². The normalized spacial score (nSPS) is 14.3.